The number of hydrogen-bond acceptors (Lipinski definition) is 8. The van der Waals surface area contributed by atoms with Crippen LogP contribution in [0.15, 0.2) is 51.9 Å². The van der Waals surface area contributed by atoms with Crippen LogP contribution >= 0.6 is 0 Å². The number of nitrogens with zero attached hydrogens (tertiary/aromatic N) is 1. The van der Waals surface area contributed by atoms with Gasteiger partial charge in [0.25, 0.3) is 10.0 Å². The predicted molar refractivity (Wildman–Crippen MR) is 112 cm³/mol. The van der Waals surface area contributed by atoms with Crippen LogP contribution in [-0.2, 0) is 19.5 Å². The molecule has 10 heteroatoms. The normalized spacial score (nSPS) is 15.0. The second kappa shape index (κ2) is 8.94. The minimum atomic E-state index is -3.96. The van der Waals surface area contributed by atoms with E-state index < -0.39 is 16.0 Å². The maximum absolute atomic E-state index is 13.0. The molecule has 0 unspecified atom stereocenters. The fourth-order valence-electron chi connectivity index (χ4n) is 3.20. The molecule has 0 atom stereocenters. The van der Waals surface area contributed by atoms with Crippen LogP contribution in [0.3, 0.4) is 0 Å². The predicted octanol–water partition coefficient (Wildman–Crippen LogP) is 3.36. The van der Waals surface area contributed by atoms with Gasteiger partial charge in [-0.2, -0.15) is 0 Å². The smallest absolute Gasteiger partial charge is 0.374 e. The molecule has 3 aromatic rings. The highest BCUT2D eigenvalue weighted by Gasteiger charge is 2.22. The zero-order chi connectivity index (χ0) is 21.8. The Balaban J connectivity index is 1.57. The highest BCUT2D eigenvalue weighted by Crippen LogP contribution is 2.29. The Hall–Kier alpha value is -3.11. The maximum atomic E-state index is 13.0. The van der Waals surface area contributed by atoms with Crippen molar-refractivity contribution in [3.63, 3.8) is 0 Å². The third kappa shape index (κ3) is 4.80. The monoisotopic (exact) mass is 446 g/mol. The molecule has 0 aliphatic carbocycles. The summed E-state index contributed by atoms with van der Waals surface area (Å²) in [6.45, 7) is 3.09. The zero-order valence-electron chi connectivity index (χ0n) is 16.9. The summed E-state index contributed by atoms with van der Waals surface area (Å²) in [6.07, 6.45) is 2.87. The van der Waals surface area contributed by atoms with E-state index in [0.717, 1.165) is 0 Å². The molecule has 1 aliphatic heterocycles. The quantitative estimate of drug-likeness (QED) is 0.549. The first-order valence-corrected chi connectivity index (χ1v) is 11.4. The molecule has 0 amide bonds. The van der Waals surface area contributed by atoms with Gasteiger partial charge in [0.05, 0.1) is 24.7 Å². The van der Waals surface area contributed by atoms with E-state index in [4.69, 9.17) is 18.6 Å². The van der Waals surface area contributed by atoms with E-state index in [1.54, 1.807) is 25.1 Å². The second-order valence-corrected chi connectivity index (χ2v) is 8.60. The van der Waals surface area contributed by atoms with E-state index in [-0.39, 0.29) is 40.5 Å². The summed E-state index contributed by atoms with van der Waals surface area (Å²) in [7, 11) is -3.96. The largest absolute Gasteiger partial charge is 0.473 e. The van der Waals surface area contributed by atoms with E-state index in [0.29, 0.717) is 31.4 Å². The molecule has 2 aromatic heterocycles. The Morgan fingerprint density at radius 3 is 2.81 bits per heavy atom. The summed E-state index contributed by atoms with van der Waals surface area (Å²) in [6, 6.07) is 9.08. The van der Waals surface area contributed by atoms with Crippen LogP contribution in [0.1, 0.15) is 30.3 Å². The van der Waals surface area contributed by atoms with Gasteiger partial charge >= 0.3 is 5.97 Å². The molecule has 0 spiro atoms. The first-order chi connectivity index (χ1) is 15.0. The molecule has 0 saturated carbocycles. The highest BCUT2D eigenvalue weighted by molar-refractivity contribution is 7.92. The molecule has 0 bridgehead atoms. The number of ether oxygens (including phenoxy) is 3. The van der Waals surface area contributed by atoms with E-state index in [2.05, 4.69) is 9.71 Å². The van der Waals surface area contributed by atoms with E-state index in [1.807, 2.05) is 0 Å². The summed E-state index contributed by atoms with van der Waals surface area (Å²) in [4.78, 5) is 16.0. The van der Waals surface area contributed by atoms with Gasteiger partial charge in [-0.3, -0.25) is 4.72 Å². The number of furan rings is 1. The van der Waals surface area contributed by atoms with E-state index in [9.17, 15) is 13.2 Å². The van der Waals surface area contributed by atoms with Crippen molar-refractivity contribution in [2.45, 2.75) is 30.8 Å². The van der Waals surface area contributed by atoms with Crippen molar-refractivity contribution in [1.82, 2.24) is 4.98 Å². The minimum Gasteiger partial charge on any atom is -0.473 e. The number of aromatic nitrogens is 1. The molecule has 4 rings (SSSR count). The van der Waals surface area contributed by atoms with Crippen LogP contribution < -0.4 is 9.46 Å². The molecular weight excluding hydrogens is 424 g/mol. The number of pyridine rings is 1. The van der Waals surface area contributed by atoms with Gasteiger partial charge in [0.2, 0.25) is 11.6 Å². The van der Waals surface area contributed by atoms with Crippen LogP contribution in [0.25, 0.3) is 11.0 Å². The van der Waals surface area contributed by atoms with E-state index >= 15 is 0 Å². The first-order valence-electron chi connectivity index (χ1n) is 9.89. The lowest BCUT2D eigenvalue weighted by Gasteiger charge is -2.23. The van der Waals surface area contributed by atoms with Gasteiger partial charge in [-0.25, -0.2) is 18.2 Å². The van der Waals surface area contributed by atoms with Gasteiger partial charge in [-0.05, 0) is 37.3 Å². The number of esters is 1. The summed E-state index contributed by atoms with van der Waals surface area (Å²) >= 11 is 0. The number of rotatable bonds is 7. The highest BCUT2D eigenvalue weighted by atomic mass is 32.2. The third-order valence-corrected chi connectivity index (χ3v) is 6.10. The Bertz CT molecular complexity index is 1180. The molecule has 9 nitrogen and oxygen atoms in total. The molecule has 0 radical (unpaired) electrons. The average Bonchev–Trinajstić information content (AvgIpc) is 3.20. The number of anilines is 1. The molecule has 1 saturated heterocycles. The Morgan fingerprint density at radius 2 is 2.03 bits per heavy atom. The van der Waals surface area contributed by atoms with Gasteiger partial charge in [0.15, 0.2) is 0 Å². The van der Waals surface area contributed by atoms with Crippen LogP contribution in [-0.4, -0.2) is 45.3 Å². The Morgan fingerprint density at radius 1 is 1.23 bits per heavy atom. The maximum Gasteiger partial charge on any atom is 0.374 e. The molecule has 1 aromatic carbocycles. The van der Waals surface area contributed by atoms with Gasteiger partial charge in [-0.15, -0.1) is 0 Å². The lowest BCUT2D eigenvalue weighted by Crippen LogP contribution is -2.26. The average molecular weight is 446 g/mol. The number of hydrogen-bond donors (Lipinski definition) is 1. The first kappa shape index (κ1) is 21.1. The fraction of sp³-hybridized carbons (Fsp3) is 0.333. The van der Waals surface area contributed by atoms with Gasteiger partial charge in [0.1, 0.15) is 17.4 Å². The summed E-state index contributed by atoms with van der Waals surface area (Å²) in [5.74, 6) is -0.382. The summed E-state index contributed by atoms with van der Waals surface area (Å²) in [5, 5.41) is 0.590. The Kier molecular flexibility index (Phi) is 6.10. The second-order valence-electron chi connectivity index (χ2n) is 6.92. The van der Waals surface area contributed by atoms with Gasteiger partial charge in [0, 0.05) is 30.5 Å². The molecule has 1 N–H and O–H groups in total. The number of benzene rings is 1. The van der Waals surface area contributed by atoms with Gasteiger partial charge in [-0.1, -0.05) is 0 Å². The number of carbonyl (C=O) groups excluding carboxylic acids is 1. The van der Waals surface area contributed by atoms with Crippen LogP contribution in [0, 0.1) is 0 Å². The topological polar surface area (TPSA) is 117 Å². The Labute approximate surface area is 179 Å². The SMILES string of the molecule is CCOC(=O)c1cc2ccc(S(=O)(=O)Nc3cccnc3OC3CCOCC3)cc2o1. The van der Waals surface area contributed by atoms with Crippen molar-refractivity contribution in [3.05, 3.63) is 48.4 Å². The van der Waals surface area contributed by atoms with Crippen molar-refractivity contribution >= 4 is 32.6 Å². The van der Waals surface area contributed by atoms with E-state index in [1.165, 1.54) is 24.4 Å². The van der Waals surface area contributed by atoms with Crippen molar-refractivity contribution in [2.75, 3.05) is 24.5 Å². The third-order valence-electron chi connectivity index (χ3n) is 4.74. The minimum absolute atomic E-state index is 0.0127. The molecular formula is C21H22N2O7S. The van der Waals surface area contributed by atoms with Crippen molar-refractivity contribution in [1.29, 1.82) is 0 Å². The molecule has 1 aliphatic rings. The standard InChI is InChI=1S/C21H22N2O7S/c1-2-28-21(24)19-12-14-5-6-16(13-18(14)30-19)31(25,26)23-17-4-3-9-22-20(17)29-15-7-10-27-11-8-15/h3-6,9,12-13,15,23H,2,7-8,10-11H2,1H3. The summed E-state index contributed by atoms with van der Waals surface area (Å²) < 4.78 is 50.1. The molecule has 164 valence electrons. The van der Waals surface area contributed by atoms with Crippen LogP contribution in [0.4, 0.5) is 5.69 Å². The van der Waals surface area contributed by atoms with Crippen LogP contribution in [0.2, 0.25) is 0 Å². The number of nitrogens with one attached hydrogen (secondary N) is 1. The number of carbonyl (C=O) groups is 1. The van der Waals surface area contributed by atoms with Gasteiger partial charge < -0.3 is 18.6 Å². The molecule has 1 fully saturated rings. The van der Waals surface area contributed by atoms with Crippen molar-refractivity contribution in [2.24, 2.45) is 0 Å². The number of fused-ring (bicyclic) bond motifs is 1. The van der Waals surface area contributed by atoms with Crippen molar-refractivity contribution < 1.29 is 31.8 Å². The fourth-order valence-corrected chi connectivity index (χ4v) is 4.27. The van der Waals surface area contributed by atoms with Crippen molar-refractivity contribution in [3.8, 4) is 5.88 Å². The summed E-state index contributed by atoms with van der Waals surface area (Å²) in [5.41, 5.74) is 0.497. The number of sulfonamides is 1. The lowest BCUT2D eigenvalue weighted by atomic mass is 10.1. The van der Waals surface area contributed by atoms with Crippen LogP contribution in [0.5, 0.6) is 5.88 Å². The zero-order valence-corrected chi connectivity index (χ0v) is 17.7. The lowest BCUT2D eigenvalue weighted by molar-refractivity contribution is 0.0240. The molecule has 3 heterocycles. The molecule has 31 heavy (non-hydrogen) atoms.